The van der Waals surface area contributed by atoms with Crippen LogP contribution >= 0.6 is 0 Å². The Morgan fingerprint density at radius 3 is 2.62 bits per heavy atom. The van der Waals surface area contributed by atoms with E-state index in [9.17, 15) is 9.90 Å². The maximum Gasteiger partial charge on any atom is 0.303 e. The molecule has 4 heteroatoms. The first kappa shape index (κ1) is 12.7. The maximum absolute atomic E-state index is 10.3. The quantitative estimate of drug-likeness (QED) is 0.610. The molecule has 0 aliphatic carbocycles. The van der Waals surface area contributed by atoms with E-state index < -0.39 is 12.2 Å². The van der Waals surface area contributed by atoms with Crippen molar-refractivity contribution in [3.8, 4) is 0 Å². The van der Waals surface area contributed by atoms with Crippen molar-refractivity contribution >= 4 is 5.97 Å². The highest BCUT2D eigenvalue weighted by Crippen LogP contribution is 2.01. The predicted molar refractivity (Wildman–Crippen MR) is 60.8 cm³/mol. The van der Waals surface area contributed by atoms with Crippen molar-refractivity contribution in [3.05, 3.63) is 35.9 Å². The molecule has 3 N–H and O–H groups in total. The molecule has 4 nitrogen and oxygen atoms in total. The lowest BCUT2D eigenvalue weighted by atomic mass is 10.2. The van der Waals surface area contributed by atoms with Crippen LogP contribution in [-0.4, -0.2) is 22.4 Å². The summed E-state index contributed by atoms with van der Waals surface area (Å²) in [6.45, 7) is 0.592. The number of hydrogen-bond acceptors (Lipinski definition) is 3. The first-order valence-electron chi connectivity index (χ1n) is 5.35. The molecule has 88 valence electrons. The van der Waals surface area contributed by atoms with E-state index in [1.165, 1.54) is 0 Å². The molecule has 1 atom stereocenters. The van der Waals surface area contributed by atoms with E-state index in [1.54, 1.807) is 0 Å². The fourth-order valence-electron chi connectivity index (χ4n) is 1.38. The van der Waals surface area contributed by atoms with Gasteiger partial charge >= 0.3 is 5.97 Å². The number of carbonyl (C=O) groups is 1. The smallest absolute Gasteiger partial charge is 0.303 e. The minimum absolute atomic E-state index is 0.101. The Bertz CT molecular complexity index is 313. The van der Waals surface area contributed by atoms with Crippen molar-refractivity contribution in [2.75, 3.05) is 0 Å². The summed E-state index contributed by atoms with van der Waals surface area (Å²) >= 11 is 0. The number of benzene rings is 1. The minimum Gasteiger partial charge on any atom is -0.481 e. The molecule has 16 heavy (non-hydrogen) atoms. The van der Waals surface area contributed by atoms with Crippen LogP contribution in [-0.2, 0) is 11.3 Å². The number of hydrogen-bond donors (Lipinski definition) is 3. The average molecular weight is 223 g/mol. The molecule has 0 saturated heterocycles. The fraction of sp³-hybridized carbons (Fsp3) is 0.417. The highest BCUT2D eigenvalue weighted by Gasteiger charge is 2.04. The Balaban J connectivity index is 2.15. The van der Waals surface area contributed by atoms with Gasteiger partial charge < -0.3 is 10.2 Å². The molecule has 0 aromatic heterocycles. The van der Waals surface area contributed by atoms with Crippen LogP contribution in [0.2, 0.25) is 0 Å². The second kappa shape index (κ2) is 6.98. The third-order valence-electron chi connectivity index (χ3n) is 2.25. The second-order valence-electron chi connectivity index (χ2n) is 3.67. The summed E-state index contributed by atoms with van der Waals surface area (Å²) in [6, 6.07) is 9.75. The van der Waals surface area contributed by atoms with Crippen LogP contribution < -0.4 is 5.32 Å². The average Bonchev–Trinajstić information content (AvgIpc) is 2.27. The van der Waals surface area contributed by atoms with E-state index in [2.05, 4.69) is 5.32 Å². The van der Waals surface area contributed by atoms with Gasteiger partial charge in [0.2, 0.25) is 0 Å². The molecule has 0 fully saturated rings. The van der Waals surface area contributed by atoms with Gasteiger partial charge in [-0.2, -0.15) is 0 Å². The lowest BCUT2D eigenvalue weighted by molar-refractivity contribution is -0.137. The molecule has 0 bridgehead atoms. The third kappa shape index (κ3) is 5.48. The number of aliphatic carboxylic acids is 1. The molecule has 0 amide bonds. The number of aliphatic hydroxyl groups excluding tert-OH is 1. The van der Waals surface area contributed by atoms with Crippen LogP contribution in [0.1, 0.15) is 24.8 Å². The Hall–Kier alpha value is -1.39. The number of nitrogens with one attached hydrogen (secondary N) is 1. The summed E-state index contributed by atoms with van der Waals surface area (Å²) in [7, 11) is 0. The summed E-state index contributed by atoms with van der Waals surface area (Å²) in [6.07, 6.45) is 0.404. The van der Waals surface area contributed by atoms with Crippen LogP contribution in [0, 0.1) is 0 Å². The lowest BCUT2D eigenvalue weighted by Crippen LogP contribution is -2.28. The summed E-state index contributed by atoms with van der Waals surface area (Å²) < 4.78 is 0. The third-order valence-corrected chi connectivity index (χ3v) is 2.25. The summed E-state index contributed by atoms with van der Waals surface area (Å²) in [4.78, 5) is 10.3. The van der Waals surface area contributed by atoms with Crippen LogP contribution in [0.5, 0.6) is 0 Å². The largest absolute Gasteiger partial charge is 0.481 e. The molecular weight excluding hydrogens is 206 g/mol. The Kier molecular flexibility index (Phi) is 5.53. The standard InChI is InChI=1S/C12H17NO3/c14-11(7-4-8-12(15)16)13-9-10-5-2-1-3-6-10/h1-3,5-6,11,13-14H,4,7-9H2,(H,15,16). The Morgan fingerprint density at radius 1 is 1.31 bits per heavy atom. The number of aliphatic hydroxyl groups is 1. The van der Waals surface area contributed by atoms with Crippen molar-refractivity contribution < 1.29 is 15.0 Å². The summed E-state index contributed by atoms with van der Waals surface area (Å²) in [5.74, 6) is -0.824. The molecule has 0 radical (unpaired) electrons. The topological polar surface area (TPSA) is 69.6 Å². The van der Waals surface area contributed by atoms with Crippen LogP contribution in [0.15, 0.2) is 30.3 Å². The van der Waals surface area contributed by atoms with Gasteiger partial charge in [0.15, 0.2) is 0 Å². The molecule has 0 spiro atoms. The fourth-order valence-corrected chi connectivity index (χ4v) is 1.38. The highest BCUT2D eigenvalue weighted by molar-refractivity contribution is 5.66. The van der Waals surface area contributed by atoms with E-state index in [1.807, 2.05) is 30.3 Å². The van der Waals surface area contributed by atoms with Crippen LogP contribution in [0.25, 0.3) is 0 Å². The van der Waals surface area contributed by atoms with Gasteiger partial charge in [-0.15, -0.1) is 0 Å². The molecule has 0 heterocycles. The SMILES string of the molecule is O=C(O)CCCC(O)NCc1ccccc1. The number of carboxylic acids is 1. The van der Waals surface area contributed by atoms with Gasteiger partial charge in [-0.25, -0.2) is 0 Å². The van der Waals surface area contributed by atoms with E-state index >= 15 is 0 Å². The Labute approximate surface area is 94.9 Å². The molecular formula is C12H17NO3. The summed E-state index contributed by atoms with van der Waals surface area (Å²) in [5.41, 5.74) is 1.10. The van der Waals surface area contributed by atoms with Gasteiger partial charge in [-0.05, 0) is 18.4 Å². The molecule has 1 unspecified atom stereocenters. The van der Waals surface area contributed by atoms with Gasteiger partial charge in [0, 0.05) is 13.0 Å². The zero-order valence-corrected chi connectivity index (χ0v) is 9.10. The molecule has 1 aromatic rings. The minimum atomic E-state index is -0.824. The number of rotatable bonds is 7. The van der Waals surface area contributed by atoms with Gasteiger partial charge in [0.05, 0.1) is 0 Å². The number of carboxylic acid groups (broad SMARTS) is 1. The summed E-state index contributed by atoms with van der Waals surface area (Å²) in [5, 5.41) is 20.9. The monoisotopic (exact) mass is 223 g/mol. The Morgan fingerprint density at radius 2 is 2.00 bits per heavy atom. The first-order chi connectivity index (χ1) is 7.68. The van der Waals surface area contributed by atoms with Gasteiger partial charge in [-0.3, -0.25) is 10.1 Å². The van der Waals surface area contributed by atoms with Gasteiger partial charge in [0.25, 0.3) is 0 Å². The van der Waals surface area contributed by atoms with E-state index in [0.29, 0.717) is 19.4 Å². The first-order valence-corrected chi connectivity index (χ1v) is 5.35. The van der Waals surface area contributed by atoms with Crippen LogP contribution in [0.4, 0.5) is 0 Å². The zero-order chi connectivity index (χ0) is 11.8. The maximum atomic E-state index is 10.3. The molecule has 1 rings (SSSR count). The van der Waals surface area contributed by atoms with Crippen molar-refractivity contribution in [1.82, 2.24) is 5.32 Å². The second-order valence-corrected chi connectivity index (χ2v) is 3.67. The molecule has 1 aromatic carbocycles. The van der Waals surface area contributed by atoms with E-state index in [0.717, 1.165) is 5.56 Å². The molecule has 0 aliphatic heterocycles. The normalized spacial score (nSPS) is 12.3. The van der Waals surface area contributed by atoms with Crippen molar-refractivity contribution in [1.29, 1.82) is 0 Å². The predicted octanol–water partition coefficient (Wildman–Crippen LogP) is 1.35. The van der Waals surface area contributed by atoms with E-state index in [4.69, 9.17) is 5.11 Å². The van der Waals surface area contributed by atoms with Crippen molar-refractivity contribution in [3.63, 3.8) is 0 Å². The molecule has 0 aliphatic rings. The van der Waals surface area contributed by atoms with Crippen LogP contribution in [0.3, 0.4) is 0 Å². The highest BCUT2D eigenvalue weighted by atomic mass is 16.4. The molecule has 0 saturated carbocycles. The van der Waals surface area contributed by atoms with Gasteiger partial charge in [-0.1, -0.05) is 30.3 Å². The zero-order valence-electron chi connectivity index (χ0n) is 9.10. The van der Waals surface area contributed by atoms with E-state index in [-0.39, 0.29) is 6.42 Å². The lowest BCUT2D eigenvalue weighted by Gasteiger charge is -2.11. The van der Waals surface area contributed by atoms with Crippen molar-refractivity contribution in [2.45, 2.75) is 32.0 Å². The van der Waals surface area contributed by atoms with Gasteiger partial charge in [0.1, 0.15) is 6.23 Å². The van der Waals surface area contributed by atoms with Crippen molar-refractivity contribution in [2.24, 2.45) is 0 Å².